The largest absolute Gasteiger partial charge is 0.322 e. The van der Waals surface area contributed by atoms with Gasteiger partial charge in [0.05, 0.1) is 17.4 Å². The zero-order chi connectivity index (χ0) is 13.1. The maximum atomic E-state index is 6.28. The smallest absolute Gasteiger partial charge is 0.0606 e. The molecule has 2 aromatic rings. The molecule has 0 bridgehead atoms. The van der Waals surface area contributed by atoms with Gasteiger partial charge in [0.15, 0.2) is 0 Å². The van der Waals surface area contributed by atoms with Gasteiger partial charge in [-0.3, -0.25) is 9.67 Å². The predicted octanol–water partition coefficient (Wildman–Crippen LogP) is 1.93. The second-order valence-electron chi connectivity index (χ2n) is 4.61. The summed E-state index contributed by atoms with van der Waals surface area (Å²) in [5.74, 6) is 0. The minimum atomic E-state index is -0.0732. The summed E-state index contributed by atoms with van der Waals surface area (Å²) < 4.78 is 1.89. The van der Waals surface area contributed by atoms with Crippen LogP contribution in [0.25, 0.3) is 0 Å². The molecule has 0 amide bonds. The maximum absolute atomic E-state index is 6.28. The lowest BCUT2D eigenvalue weighted by atomic mass is 10.0. The number of nitrogens with two attached hydrogens (primary N) is 1. The average molecular weight is 244 g/mol. The maximum Gasteiger partial charge on any atom is 0.0606 e. The van der Waals surface area contributed by atoms with Gasteiger partial charge in [-0.05, 0) is 31.0 Å². The Morgan fingerprint density at radius 1 is 1.44 bits per heavy atom. The third-order valence-corrected chi connectivity index (χ3v) is 3.19. The lowest BCUT2D eigenvalue weighted by molar-refractivity contribution is 0.624. The molecule has 96 valence electrons. The van der Waals surface area contributed by atoms with E-state index < -0.39 is 0 Å². The van der Waals surface area contributed by atoms with E-state index in [1.54, 1.807) is 0 Å². The molecule has 2 heterocycles. The summed E-state index contributed by atoms with van der Waals surface area (Å²) in [5, 5.41) is 4.34. The van der Waals surface area contributed by atoms with Crippen molar-refractivity contribution in [2.75, 3.05) is 0 Å². The molecule has 0 radical (unpaired) electrons. The number of pyridine rings is 1. The molecular weight excluding hydrogens is 224 g/mol. The van der Waals surface area contributed by atoms with Crippen LogP contribution in [0.1, 0.15) is 35.6 Å². The number of aromatic nitrogens is 3. The molecule has 0 aliphatic rings. The Bertz CT molecular complexity index is 530. The Labute approximate surface area is 108 Å². The van der Waals surface area contributed by atoms with Crippen molar-refractivity contribution in [1.82, 2.24) is 14.8 Å². The first-order valence-electron chi connectivity index (χ1n) is 6.30. The van der Waals surface area contributed by atoms with Crippen LogP contribution in [0.15, 0.2) is 24.4 Å². The zero-order valence-electron chi connectivity index (χ0n) is 11.2. The number of hydrogen-bond donors (Lipinski definition) is 1. The molecule has 1 unspecified atom stereocenters. The average Bonchev–Trinajstić information content (AvgIpc) is 2.67. The first-order valence-corrected chi connectivity index (χ1v) is 6.30. The molecular formula is C14H20N4. The van der Waals surface area contributed by atoms with Crippen LogP contribution < -0.4 is 5.73 Å². The molecule has 1 atom stereocenters. The molecule has 2 N–H and O–H groups in total. The van der Waals surface area contributed by atoms with E-state index in [4.69, 9.17) is 5.73 Å². The Balaban J connectivity index is 2.21. The SMILES string of the molecule is CCc1cccnc1C(N)Cc1cc(C)nn1C. The monoisotopic (exact) mass is 244 g/mol. The summed E-state index contributed by atoms with van der Waals surface area (Å²) in [6.07, 6.45) is 3.53. The third kappa shape index (κ3) is 2.59. The summed E-state index contributed by atoms with van der Waals surface area (Å²) in [5.41, 5.74) is 10.7. The van der Waals surface area contributed by atoms with Gasteiger partial charge < -0.3 is 5.73 Å². The van der Waals surface area contributed by atoms with E-state index in [2.05, 4.69) is 29.1 Å². The Kier molecular flexibility index (Phi) is 3.77. The van der Waals surface area contributed by atoms with E-state index in [0.29, 0.717) is 0 Å². The molecule has 18 heavy (non-hydrogen) atoms. The summed E-state index contributed by atoms with van der Waals surface area (Å²) in [6.45, 7) is 4.12. The zero-order valence-corrected chi connectivity index (χ0v) is 11.2. The van der Waals surface area contributed by atoms with Gasteiger partial charge in [0, 0.05) is 25.4 Å². The van der Waals surface area contributed by atoms with E-state index in [-0.39, 0.29) is 6.04 Å². The quantitative estimate of drug-likeness (QED) is 0.894. The molecule has 0 saturated carbocycles. The number of rotatable bonds is 4. The van der Waals surface area contributed by atoms with Crippen LogP contribution in [-0.2, 0) is 19.9 Å². The number of nitrogens with zero attached hydrogens (tertiary/aromatic N) is 3. The van der Waals surface area contributed by atoms with Gasteiger partial charge in [0.1, 0.15) is 0 Å². The van der Waals surface area contributed by atoms with E-state index in [1.807, 2.05) is 30.9 Å². The molecule has 4 nitrogen and oxygen atoms in total. The first-order chi connectivity index (χ1) is 8.61. The lowest BCUT2D eigenvalue weighted by Gasteiger charge is -2.14. The van der Waals surface area contributed by atoms with Crippen molar-refractivity contribution in [3.8, 4) is 0 Å². The van der Waals surface area contributed by atoms with Crippen LogP contribution in [0.5, 0.6) is 0 Å². The molecule has 4 heteroatoms. The van der Waals surface area contributed by atoms with E-state index in [1.165, 1.54) is 5.56 Å². The number of aryl methyl sites for hydroxylation is 3. The first kappa shape index (κ1) is 12.8. The predicted molar refractivity (Wildman–Crippen MR) is 72.2 cm³/mol. The van der Waals surface area contributed by atoms with Gasteiger partial charge in [-0.2, -0.15) is 5.10 Å². The molecule has 2 aromatic heterocycles. The highest BCUT2D eigenvalue weighted by Gasteiger charge is 2.14. The molecule has 0 spiro atoms. The molecule has 0 aliphatic carbocycles. The van der Waals surface area contributed by atoms with Crippen molar-refractivity contribution in [2.24, 2.45) is 12.8 Å². The van der Waals surface area contributed by atoms with Crippen LogP contribution in [0, 0.1) is 6.92 Å². The van der Waals surface area contributed by atoms with Gasteiger partial charge in [0.2, 0.25) is 0 Å². The standard InChI is InChI=1S/C14H20N4/c1-4-11-6-5-7-16-14(11)13(15)9-12-8-10(2)17-18(12)3/h5-8,13H,4,9,15H2,1-3H3. The topological polar surface area (TPSA) is 56.7 Å². The number of hydrogen-bond acceptors (Lipinski definition) is 3. The Hall–Kier alpha value is -1.68. The highest BCUT2D eigenvalue weighted by atomic mass is 15.3. The summed E-state index contributed by atoms with van der Waals surface area (Å²) in [4.78, 5) is 4.43. The van der Waals surface area contributed by atoms with Crippen molar-refractivity contribution >= 4 is 0 Å². The highest BCUT2D eigenvalue weighted by Crippen LogP contribution is 2.18. The van der Waals surface area contributed by atoms with Crippen LogP contribution in [0.4, 0.5) is 0 Å². The van der Waals surface area contributed by atoms with Gasteiger partial charge in [-0.1, -0.05) is 13.0 Å². The molecule has 2 rings (SSSR count). The highest BCUT2D eigenvalue weighted by molar-refractivity contribution is 5.24. The lowest BCUT2D eigenvalue weighted by Crippen LogP contribution is -2.18. The summed E-state index contributed by atoms with van der Waals surface area (Å²) in [7, 11) is 1.95. The fourth-order valence-electron chi connectivity index (χ4n) is 2.26. The molecule has 0 aliphatic heterocycles. The van der Waals surface area contributed by atoms with Gasteiger partial charge in [0.25, 0.3) is 0 Å². The Morgan fingerprint density at radius 2 is 2.22 bits per heavy atom. The van der Waals surface area contributed by atoms with Crippen molar-refractivity contribution < 1.29 is 0 Å². The van der Waals surface area contributed by atoms with Crippen molar-refractivity contribution in [1.29, 1.82) is 0 Å². The minimum absolute atomic E-state index is 0.0732. The van der Waals surface area contributed by atoms with Crippen LogP contribution in [0.2, 0.25) is 0 Å². The van der Waals surface area contributed by atoms with Crippen molar-refractivity contribution in [3.63, 3.8) is 0 Å². The van der Waals surface area contributed by atoms with Crippen LogP contribution in [-0.4, -0.2) is 14.8 Å². The third-order valence-electron chi connectivity index (χ3n) is 3.19. The van der Waals surface area contributed by atoms with Gasteiger partial charge in [-0.25, -0.2) is 0 Å². The Morgan fingerprint density at radius 3 is 2.83 bits per heavy atom. The summed E-state index contributed by atoms with van der Waals surface area (Å²) in [6, 6.07) is 6.06. The second-order valence-corrected chi connectivity index (χ2v) is 4.61. The summed E-state index contributed by atoms with van der Waals surface area (Å²) >= 11 is 0. The van der Waals surface area contributed by atoms with Crippen molar-refractivity contribution in [2.45, 2.75) is 32.7 Å². The van der Waals surface area contributed by atoms with Crippen LogP contribution >= 0.6 is 0 Å². The van der Waals surface area contributed by atoms with Gasteiger partial charge >= 0.3 is 0 Å². The van der Waals surface area contributed by atoms with E-state index >= 15 is 0 Å². The fraction of sp³-hybridized carbons (Fsp3) is 0.429. The normalized spacial score (nSPS) is 12.7. The van der Waals surface area contributed by atoms with Gasteiger partial charge in [-0.15, -0.1) is 0 Å². The second kappa shape index (κ2) is 5.31. The van der Waals surface area contributed by atoms with Crippen molar-refractivity contribution in [3.05, 3.63) is 47.0 Å². The molecule has 0 saturated heterocycles. The van der Waals surface area contributed by atoms with Crippen LogP contribution in [0.3, 0.4) is 0 Å². The van der Waals surface area contributed by atoms with E-state index in [0.717, 1.165) is 29.9 Å². The van der Waals surface area contributed by atoms with E-state index in [9.17, 15) is 0 Å². The molecule has 0 aromatic carbocycles. The fourth-order valence-corrected chi connectivity index (χ4v) is 2.26. The minimum Gasteiger partial charge on any atom is -0.322 e. The molecule has 0 fully saturated rings.